The zero-order valence-corrected chi connectivity index (χ0v) is 19.3. The van der Waals surface area contributed by atoms with Crippen LogP contribution in [0.25, 0.3) is 0 Å². The molecule has 0 saturated heterocycles. The first-order chi connectivity index (χ1) is 16.0. The smallest absolute Gasteiger partial charge is 0.247 e. The van der Waals surface area contributed by atoms with Crippen LogP contribution in [0.2, 0.25) is 0 Å². The summed E-state index contributed by atoms with van der Waals surface area (Å²) in [7, 11) is 0. The highest BCUT2D eigenvalue weighted by atomic mass is 16.5. The van der Waals surface area contributed by atoms with Crippen molar-refractivity contribution >= 4 is 11.8 Å². The molecule has 1 aliphatic heterocycles. The number of fused-ring (bicyclic) bond motifs is 3. The number of amides is 2. The Hall–Kier alpha value is -2.68. The first kappa shape index (κ1) is 25.0. The summed E-state index contributed by atoms with van der Waals surface area (Å²) in [6, 6.07) is 6.66. The standard InChI is InChI=1S/C25H34N2O6/c1-3-5-11-21(29)27(13-8-15-32-4-2)19-16-18(25(31)26-12-14-28)22-17-9-6-7-10-20(17)33-24(22)23(19)30/h5-7,9-11,16,19,22-24,28,30H,3-4,8,12-15H2,1-2H3,(H,26,31). The average Bonchev–Trinajstić information content (AvgIpc) is 3.22. The van der Waals surface area contributed by atoms with E-state index in [4.69, 9.17) is 14.6 Å². The maximum Gasteiger partial charge on any atom is 0.247 e. The molecule has 2 aliphatic rings. The zero-order chi connectivity index (χ0) is 23.8. The van der Waals surface area contributed by atoms with Gasteiger partial charge in [-0.25, -0.2) is 0 Å². The Kier molecular flexibility index (Phi) is 9.05. The van der Waals surface area contributed by atoms with Crippen molar-refractivity contribution in [3.8, 4) is 5.75 Å². The first-order valence-electron chi connectivity index (χ1n) is 11.6. The summed E-state index contributed by atoms with van der Waals surface area (Å²) in [6.45, 7) is 5.21. The van der Waals surface area contributed by atoms with Crippen LogP contribution in [0, 0.1) is 0 Å². The lowest BCUT2D eigenvalue weighted by Crippen LogP contribution is -2.55. The van der Waals surface area contributed by atoms with E-state index in [1.807, 2.05) is 38.1 Å². The zero-order valence-electron chi connectivity index (χ0n) is 19.3. The molecule has 2 amide bonds. The summed E-state index contributed by atoms with van der Waals surface area (Å²) in [4.78, 5) is 27.7. The molecule has 0 aromatic heterocycles. The minimum Gasteiger partial charge on any atom is -0.486 e. The molecule has 180 valence electrons. The Bertz CT molecular complexity index is 883. The maximum atomic E-state index is 13.1. The molecular weight excluding hydrogens is 424 g/mol. The lowest BCUT2D eigenvalue weighted by atomic mass is 9.77. The maximum absolute atomic E-state index is 13.1. The highest BCUT2D eigenvalue weighted by Crippen LogP contribution is 2.47. The van der Waals surface area contributed by atoms with Crippen molar-refractivity contribution in [2.24, 2.45) is 0 Å². The van der Waals surface area contributed by atoms with E-state index in [2.05, 4.69) is 5.32 Å². The average molecular weight is 459 g/mol. The van der Waals surface area contributed by atoms with Gasteiger partial charge >= 0.3 is 0 Å². The van der Waals surface area contributed by atoms with E-state index in [-0.39, 0.29) is 25.0 Å². The SMILES string of the molecule is CCC=CC(=O)N(CCCOCC)C1C=C(C(=O)NCCO)C2c3ccccc3OC2C1O. The highest BCUT2D eigenvalue weighted by Gasteiger charge is 2.50. The van der Waals surface area contributed by atoms with Gasteiger partial charge in [0, 0.05) is 37.4 Å². The minimum atomic E-state index is -1.03. The molecule has 8 heteroatoms. The van der Waals surface area contributed by atoms with Gasteiger partial charge in [0.25, 0.3) is 0 Å². The van der Waals surface area contributed by atoms with Gasteiger partial charge < -0.3 is 29.9 Å². The topological polar surface area (TPSA) is 108 Å². The molecule has 33 heavy (non-hydrogen) atoms. The van der Waals surface area contributed by atoms with E-state index < -0.39 is 24.2 Å². The number of rotatable bonds is 11. The Balaban J connectivity index is 1.98. The quantitative estimate of drug-likeness (QED) is 0.343. The number of nitrogens with one attached hydrogen (secondary N) is 1. The minimum absolute atomic E-state index is 0.111. The van der Waals surface area contributed by atoms with Gasteiger partial charge in [-0.15, -0.1) is 0 Å². The second-order valence-corrected chi connectivity index (χ2v) is 8.07. The Morgan fingerprint density at radius 3 is 2.79 bits per heavy atom. The van der Waals surface area contributed by atoms with Crippen LogP contribution in [0.4, 0.5) is 0 Å². The van der Waals surface area contributed by atoms with Gasteiger partial charge in [-0.05, 0) is 38.0 Å². The van der Waals surface area contributed by atoms with Crippen LogP contribution in [0.5, 0.6) is 5.75 Å². The molecule has 0 radical (unpaired) electrons. The number of aliphatic hydroxyl groups is 2. The highest BCUT2D eigenvalue weighted by molar-refractivity contribution is 5.96. The molecular formula is C25H34N2O6. The normalized spacial score (nSPS) is 23.5. The largest absolute Gasteiger partial charge is 0.486 e. The second-order valence-electron chi connectivity index (χ2n) is 8.07. The van der Waals surface area contributed by atoms with Crippen molar-refractivity contribution in [1.82, 2.24) is 10.2 Å². The Morgan fingerprint density at radius 1 is 1.27 bits per heavy atom. The molecule has 8 nitrogen and oxygen atoms in total. The van der Waals surface area contributed by atoms with E-state index >= 15 is 0 Å². The fraction of sp³-hybridized carbons (Fsp3) is 0.520. The van der Waals surface area contributed by atoms with Crippen LogP contribution in [0.1, 0.15) is 38.2 Å². The number of carbonyl (C=O) groups is 2. The molecule has 1 aromatic rings. The molecule has 3 N–H and O–H groups in total. The van der Waals surface area contributed by atoms with Gasteiger partial charge in [0.15, 0.2) is 0 Å². The molecule has 1 heterocycles. The molecule has 1 aliphatic carbocycles. The van der Waals surface area contributed by atoms with Crippen LogP contribution < -0.4 is 10.1 Å². The summed E-state index contributed by atoms with van der Waals surface area (Å²) >= 11 is 0. The lowest BCUT2D eigenvalue weighted by molar-refractivity contribution is -0.132. The van der Waals surface area contributed by atoms with Crippen LogP contribution in [-0.4, -0.2) is 78.1 Å². The third-order valence-corrected chi connectivity index (χ3v) is 5.91. The van der Waals surface area contributed by atoms with Crippen molar-refractivity contribution in [2.45, 2.75) is 50.9 Å². The summed E-state index contributed by atoms with van der Waals surface area (Å²) in [6.07, 6.45) is 4.53. The van der Waals surface area contributed by atoms with Gasteiger partial charge in [-0.2, -0.15) is 0 Å². The van der Waals surface area contributed by atoms with Crippen molar-refractivity contribution < 1.29 is 29.3 Å². The van der Waals surface area contributed by atoms with E-state index in [9.17, 15) is 14.7 Å². The molecule has 0 saturated carbocycles. The number of para-hydroxylation sites is 1. The van der Waals surface area contributed by atoms with Crippen LogP contribution in [0.15, 0.2) is 48.1 Å². The molecule has 1 aromatic carbocycles. The predicted molar refractivity (Wildman–Crippen MR) is 124 cm³/mol. The molecule has 4 unspecified atom stereocenters. The molecule has 0 bridgehead atoms. The number of nitrogens with zero attached hydrogens (tertiary/aromatic N) is 1. The first-order valence-corrected chi connectivity index (χ1v) is 11.6. The van der Waals surface area contributed by atoms with Gasteiger partial charge in [0.2, 0.25) is 11.8 Å². The fourth-order valence-electron chi connectivity index (χ4n) is 4.39. The van der Waals surface area contributed by atoms with Gasteiger partial charge in [0.1, 0.15) is 18.0 Å². The number of aliphatic hydroxyl groups excluding tert-OH is 2. The fourth-order valence-corrected chi connectivity index (χ4v) is 4.39. The number of allylic oxidation sites excluding steroid dienone is 1. The van der Waals surface area contributed by atoms with Gasteiger partial charge in [-0.1, -0.05) is 31.2 Å². The third-order valence-electron chi connectivity index (χ3n) is 5.91. The summed E-state index contributed by atoms with van der Waals surface area (Å²) in [5.74, 6) is -0.425. The Morgan fingerprint density at radius 2 is 2.06 bits per heavy atom. The number of benzene rings is 1. The lowest BCUT2D eigenvalue weighted by Gasteiger charge is -2.40. The van der Waals surface area contributed by atoms with Crippen LogP contribution in [0.3, 0.4) is 0 Å². The van der Waals surface area contributed by atoms with Crippen molar-refractivity contribution in [3.05, 3.63) is 53.6 Å². The van der Waals surface area contributed by atoms with E-state index in [1.165, 1.54) is 6.08 Å². The monoisotopic (exact) mass is 458 g/mol. The summed E-state index contributed by atoms with van der Waals surface area (Å²) in [5.41, 5.74) is 1.25. The number of hydrogen-bond donors (Lipinski definition) is 3. The third kappa shape index (κ3) is 5.63. The molecule has 0 fully saturated rings. The van der Waals surface area contributed by atoms with E-state index in [1.54, 1.807) is 17.1 Å². The van der Waals surface area contributed by atoms with Crippen LogP contribution in [-0.2, 0) is 14.3 Å². The van der Waals surface area contributed by atoms with Crippen LogP contribution >= 0.6 is 0 Å². The van der Waals surface area contributed by atoms with Crippen molar-refractivity contribution in [3.63, 3.8) is 0 Å². The van der Waals surface area contributed by atoms with Gasteiger partial charge in [0.05, 0.1) is 18.6 Å². The van der Waals surface area contributed by atoms with Gasteiger partial charge in [-0.3, -0.25) is 9.59 Å². The molecule has 4 atom stereocenters. The predicted octanol–water partition coefficient (Wildman–Crippen LogP) is 1.53. The summed E-state index contributed by atoms with van der Waals surface area (Å²) in [5, 5.41) is 23.2. The molecule has 3 rings (SSSR count). The number of hydrogen-bond acceptors (Lipinski definition) is 6. The number of carbonyl (C=O) groups excluding carboxylic acids is 2. The second kappa shape index (κ2) is 12.0. The Labute approximate surface area is 194 Å². The van der Waals surface area contributed by atoms with E-state index in [0.717, 1.165) is 5.56 Å². The number of ether oxygens (including phenoxy) is 2. The van der Waals surface area contributed by atoms with Crippen molar-refractivity contribution in [2.75, 3.05) is 32.9 Å². The van der Waals surface area contributed by atoms with Crippen molar-refractivity contribution in [1.29, 1.82) is 0 Å². The van der Waals surface area contributed by atoms with E-state index in [0.29, 0.717) is 43.9 Å². The molecule has 0 spiro atoms. The summed E-state index contributed by atoms with van der Waals surface area (Å²) < 4.78 is 11.5.